The Morgan fingerprint density at radius 1 is 1.41 bits per heavy atom. The van der Waals surface area contributed by atoms with Crippen molar-refractivity contribution in [1.82, 2.24) is 4.31 Å². The van der Waals surface area contributed by atoms with Crippen LogP contribution in [0.25, 0.3) is 0 Å². The Hall–Kier alpha value is 0.01000. The standard InChI is InChI=1S/C9H12BrNO4S2/c1-5-8(2-9(10)16-5)17(14,15)11-3-6(12)7(13)4-11/h2,6-7,12-13H,3-4H2,1H3. The van der Waals surface area contributed by atoms with Crippen LogP contribution >= 0.6 is 27.3 Å². The normalized spacial score (nSPS) is 26.6. The van der Waals surface area contributed by atoms with E-state index in [1.165, 1.54) is 11.3 Å². The third-order valence-corrected chi connectivity index (χ3v) is 6.33. The van der Waals surface area contributed by atoms with Crippen molar-refractivity contribution in [3.8, 4) is 0 Å². The molecule has 0 amide bonds. The molecule has 96 valence electrons. The van der Waals surface area contributed by atoms with Crippen molar-refractivity contribution in [3.05, 3.63) is 14.7 Å². The molecule has 2 unspecified atom stereocenters. The van der Waals surface area contributed by atoms with Crippen LogP contribution in [-0.4, -0.2) is 48.2 Å². The Morgan fingerprint density at radius 3 is 2.35 bits per heavy atom. The minimum Gasteiger partial charge on any atom is -0.389 e. The second-order valence-electron chi connectivity index (χ2n) is 3.93. The number of hydrogen-bond acceptors (Lipinski definition) is 5. The molecule has 1 saturated heterocycles. The molecule has 1 fully saturated rings. The summed E-state index contributed by atoms with van der Waals surface area (Å²) < 4.78 is 26.4. The van der Waals surface area contributed by atoms with E-state index >= 15 is 0 Å². The molecule has 2 heterocycles. The summed E-state index contributed by atoms with van der Waals surface area (Å²) in [6.45, 7) is 1.61. The van der Waals surface area contributed by atoms with Gasteiger partial charge in [0.25, 0.3) is 0 Å². The van der Waals surface area contributed by atoms with Crippen molar-refractivity contribution in [2.75, 3.05) is 13.1 Å². The molecular formula is C9H12BrNO4S2. The van der Waals surface area contributed by atoms with Crippen LogP contribution in [-0.2, 0) is 10.0 Å². The van der Waals surface area contributed by atoms with E-state index < -0.39 is 22.2 Å². The van der Waals surface area contributed by atoms with Gasteiger partial charge < -0.3 is 10.2 Å². The maximum absolute atomic E-state index is 12.2. The number of nitrogens with zero attached hydrogens (tertiary/aromatic N) is 1. The maximum Gasteiger partial charge on any atom is 0.244 e. The fraction of sp³-hybridized carbons (Fsp3) is 0.556. The van der Waals surface area contributed by atoms with Gasteiger partial charge in [0.15, 0.2) is 0 Å². The summed E-state index contributed by atoms with van der Waals surface area (Å²) in [6.07, 6.45) is -2.01. The van der Waals surface area contributed by atoms with Gasteiger partial charge in [0, 0.05) is 18.0 Å². The van der Waals surface area contributed by atoms with Gasteiger partial charge in [-0.3, -0.25) is 0 Å². The van der Waals surface area contributed by atoms with Gasteiger partial charge in [0.1, 0.15) is 0 Å². The summed E-state index contributed by atoms with van der Waals surface area (Å²) in [6, 6.07) is 1.55. The molecule has 2 atom stereocenters. The van der Waals surface area contributed by atoms with Crippen LogP contribution in [0.5, 0.6) is 0 Å². The first-order chi connectivity index (χ1) is 7.82. The van der Waals surface area contributed by atoms with Crippen molar-refractivity contribution in [2.24, 2.45) is 0 Å². The summed E-state index contributed by atoms with van der Waals surface area (Å²) in [7, 11) is -3.62. The maximum atomic E-state index is 12.2. The van der Waals surface area contributed by atoms with E-state index in [4.69, 9.17) is 0 Å². The van der Waals surface area contributed by atoms with Gasteiger partial charge in [0.2, 0.25) is 10.0 Å². The number of hydrogen-bond donors (Lipinski definition) is 2. The molecule has 5 nitrogen and oxygen atoms in total. The number of aliphatic hydroxyl groups is 2. The Kier molecular flexibility index (Phi) is 3.64. The summed E-state index contributed by atoms with van der Waals surface area (Å²) >= 11 is 4.59. The van der Waals surface area contributed by atoms with Crippen molar-refractivity contribution >= 4 is 37.3 Å². The second kappa shape index (κ2) is 4.60. The van der Waals surface area contributed by atoms with Gasteiger partial charge >= 0.3 is 0 Å². The fourth-order valence-corrected chi connectivity index (χ4v) is 5.62. The molecule has 1 aliphatic heterocycles. The van der Waals surface area contributed by atoms with Crippen molar-refractivity contribution in [3.63, 3.8) is 0 Å². The Bertz CT molecular complexity index is 517. The molecule has 8 heteroatoms. The lowest BCUT2D eigenvalue weighted by atomic mass is 10.3. The number of thiophene rings is 1. The molecule has 1 aromatic heterocycles. The average molecular weight is 342 g/mol. The zero-order chi connectivity index (χ0) is 12.8. The number of β-amino-alcohol motifs (C(OH)–C–C–N with tert-alkyl or cyclic N) is 2. The topological polar surface area (TPSA) is 77.8 Å². The highest BCUT2D eigenvalue weighted by Gasteiger charge is 2.38. The van der Waals surface area contributed by atoms with Gasteiger partial charge in [-0.05, 0) is 28.9 Å². The third-order valence-electron chi connectivity index (χ3n) is 2.69. The first-order valence-electron chi connectivity index (χ1n) is 4.94. The van der Waals surface area contributed by atoms with Gasteiger partial charge in [-0.15, -0.1) is 11.3 Å². The summed E-state index contributed by atoms with van der Waals surface area (Å²) in [4.78, 5) is 0.920. The highest BCUT2D eigenvalue weighted by atomic mass is 79.9. The second-order valence-corrected chi connectivity index (χ2v) is 8.47. The fourth-order valence-electron chi connectivity index (χ4n) is 1.76. The SMILES string of the molecule is Cc1sc(Br)cc1S(=O)(=O)N1CC(O)C(O)C1. The van der Waals surface area contributed by atoms with Crippen LogP contribution in [0.1, 0.15) is 4.88 Å². The zero-order valence-electron chi connectivity index (χ0n) is 9.00. The zero-order valence-corrected chi connectivity index (χ0v) is 12.2. The van der Waals surface area contributed by atoms with E-state index in [-0.39, 0.29) is 18.0 Å². The summed E-state index contributed by atoms with van der Waals surface area (Å²) in [5.74, 6) is 0. The van der Waals surface area contributed by atoms with Crippen LogP contribution < -0.4 is 0 Å². The van der Waals surface area contributed by atoms with Crippen LogP contribution in [0.3, 0.4) is 0 Å². The smallest absolute Gasteiger partial charge is 0.244 e. The first kappa shape index (κ1) is 13.4. The van der Waals surface area contributed by atoms with E-state index in [9.17, 15) is 18.6 Å². The highest BCUT2D eigenvalue weighted by molar-refractivity contribution is 9.11. The van der Waals surface area contributed by atoms with Crippen LogP contribution in [0.4, 0.5) is 0 Å². The van der Waals surface area contributed by atoms with Crippen LogP contribution in [0.15, 0.2) is 14.7 Å². The minimum absolute atomic E-state index is 0.0591. The summed E-state index contributed by atoms with van der Waals surface area (Å²) in [5.41, 5.74) is 0. The predicted molar refractivity (Wildman–Crippen MR) is 67.5 cm³/mol. The van der Waals surface area contributed by atoms with E-state index in [0.29, 0.717) is 4.88 Å². The largest absolute Gasteiger partial charge is 0.389 e. The lowest BCUT2D eigenvalue weighted by Crippen LogP contribution is -2.30. The molecule has 0 bridgehead atoms. The molecule has 1 aromatic rings. The summed E-state index contributed by atoms with van der Waals surface area (Å²) in [5, 5.41) is 18.8. The lowest BCUT2D eigenvalue weighted by Gasteiger charge is -2.14. The highest BCUT2D eigenvalue weighted by Crippen LogP contribution is 2.32. The number of halogens is 1. The predicted octanol–water partition coefficient (Wildman–Crippen LogP) is 0.545. The van der Waals surface area contributed by atoms with Crippen molar-refractivity contribution < 1.29 is 18.6 Å². The number of rotatable bonds is 2. The molecule has 2 N–H and O–H groups in total. The minimum atomic E-state index is -3.62. The Morgan fingerprint density at radius 2 is 1.94 bits per heavy atom. The van der Waals surface area contributed by atoms with Gasteiger partial charge in [-0.1, -0.05) is 0 Å². The van der Waals surface area contributed by atoms with Crippen LogP contribution in [0.2, 0.25) is 0 Å². The molecule has 0 aliphatic carbocycles. The molecule has 1 aliphatic rings. The van der Waals surface area contributed by atoms with E-state index in [1.54, 1.807) is 13.0 Å². The van der Waals surface area contributed by atoms with Gasteiger partial charge in [0.05, 0.1) is 20.9 Å². The van der Waals surface area contributed by atoms with E-state index in [2.05, 4.69) is 15.9 Å². The van der Waals surface area contributed by atoms with Crippen molar-refractivity contribution in [1.29, 1.82) is 0 Å². The van der Waals surface area contributed by atoms with Crippen molar-refractivity contribution in [2.45, 2.75) is 24.0 Å². The molecule has 0 radical (unpaired) electrons. The molecule has 2 rings (SSSR count). The third kappa shape index (κ3) is 2.42. The monoisotopic (exact) mass is 341 g/mol. The molecule has 0 saturated carbocycles. The Labute approximate surface area is 112 Å². The molecular weight excluding hydrogens is 330 g/mol. The number of aryl methyl sites for hydroxylation is 1. The molecule has 0 spiro atoms. The molecule has 17 heavy (non-hydrogen) atoms. The van der Waals surface area contributed by atoms with Gasteiger partial charge in [-0.2, -0.15) is 4.31 Å². The van der Waals surface area contributed by atoms with Crippen LogP contribution in [0, 0.1) is 6.92 Å². The first-order valence-corrected chi connectivity index (χ1v) is 7.99. The lowest BCUT2D eigenvalue weighted by molar-refractivity contribution is 0.0572. The van der Waals surface area contributed by atoms with E-state index in [1.807, 2.05) is 0 Å². The van der Waals surface area contributed by atoms with Gasteiger partial charge in [-0.25, -0.2) is 8.42 Å². The van der Waals surface area contributed by atoms with E-state index in [0.717, 1.165) is 8.09 Å². The quantitative estimate of drug-likeness (QED) is 0.823. The number of sulfonamides is 1. The molecule has 0 aromatic carbocycles. The average Bonchev–Trinajstić information content (AvgIpc) is 2.72. The Balaban J connectivity index is 2.35. The number of aliphatic hydroxyl groups excluding tert-OH is 2.